The second kappa shape index (κ2) is 9.96. The summed E-state index contributed by atoms with van der Waals surface area (Å²) in [5, 5.41) is 13.1. The lowest BCUT2D eigenvalue weighted by Crippen LogP contribution is -2.36. The van der Waals surface area contributed by atoms with E-state index in [4.69, 9.17) is 16.3 Å². The fourth-order valence-corrected chi connectivity index (χ4v) is 3.51. The molecule has 0 heterocycles. The van der Waals surface area contributed by atoms with Gasteiger partial charge in [0.2, 0.25) is 0 Å². The average molecular weight is 395 g/mol. The zero-order chi connectivity index (χ0) is 19.8. The molecule has 1 amide bonds. The number of carbonyl (C=O) groups is 1. The first-order valence-corrected chi connectivity index (χ1v) is 9.93. The quantitative estimate of drug-likeness (QED) is 0.535. The molecule has 1 aliphatic carbocycles. The Balaban J connectivity index is 1.73. The SMILES string of the molecule is N#C/C(=C\c1ccccc1OCc1ccccc1Cl)C(=O)NC1CCCCC1. The lowest BCUT2D eigenvalue weighted by atomic mass is 9.95. The third-order valence-corrected chi connectivity index (χ3v) is 5.23. The molecular formula is C23H23ClN2O2. The molecule has 1 fully saturated rings. The molecule has 0 radical (unpaired) electrons. The highest BCUT2D eigenvalue weighted by Crippen LogP contribution is 2.24. The van der Waals surface area contributed by atoms with Gasteiger partial charge in [-0.05, 0) is 31.1 Å². The molecule has 0 bridgehead atoms. The van der Waals surface area contributed by atoms with E-state index in [-0.39, 0.29) is 17.5 Å². The second-order valence-electron chi connectivity index (χ2n) is 6.90. The average Bonchev–Trinajstić information content (AvgIpc) is 2.73. The highest BCUT2D eigenvalue weighted by atomic mass is 35.5. The van der Waals surface area contributed by atoms with Crippen LogP contribution in [-0.4, -0.2) is 11.9 Å². The largest absolute Gasteiger partial charge is 0.488 e. The maximum atomic E-state index is 12.5. The first-order valence-electron chi connectivity index (χ1n) is 9.55. The van der Waals surface area contributed by atoms with Crippen LogP contribution in [0.5, 0.6) is 5.75 Å². The van der Waals surface area contributed by atoms with E-state index in [0.717, 1.165) is 31.2 Å². The molecule has 144 valence electrons. The number of para-hydroxylation sites is 1. The maximum Gasteiger partial charge on any atom is 0.262 e. The van der Waals surface area contributed by atoms with Crippen LogP contribution in [0.25, 0.3) is 6.08 Å². The molecular weight excluding hydrogens is 372 g/mol. The molecule has 2 aromatic rings. The number of ether oxygens (including phenoxy) is 1. The van der Waals surface area contributed by atoms with Crippen molar-refractivity contribution >= 4 is 23.6 Å². The van der Waals surface area contributed by atoms with Crippen LogP contribution in [0.1, 0.15) is 43.2 Å². The van der Waals surface area contributed by atoms with E-state index in [0.29, 0.717) is 22.9 Å². The van der Waals surface area contributed by atoms with E-state index in [9.17, 15) is 10.1 Å². The molecule has 1 N–H and O–H groups in total. The normalized spacial score (nSPS) is 14.9. The van der Waals surface area contributed by atoms with Crippen molar-refractivity contribution in [2.45, 2.75) is 44.8 Å². The van der Waals surface area contributed by atoms with Gasteiger partial charge in [0.05, 0.1) is 0 Å². The first kappa shape index (κ1) is 20.0. The molecule has 0 atom stereocenters. The fourth-order valence-electron chi connectivity index (χ4n) is 3.32. The number of amides is 1. The third-order valence-electron chi connectivity index (χ3n) is 4.87. The molecule has 0 spiro atoms. The molecule has 0 aliphatic heterocycles. The van der Waals surface area contributed by atoms with Crippen molar-refractivity contribution in [1.82, 2.24) is 5.32 Å². The molecule has 2 aromatic carbocycles. The predicted octanol–water partition coefficient (Wildman–Crippen LogP) is 5.27. The highest BCUT2D eigenvalue weighted by Gasteiger charge is 2.18. The van der Waals surface area contributed by atoms with Crippen LogP contribution in [0.3, 0.4) is 0 Å². The van der Waals surface area contributed by atoms with Crippen LogP contribution in [0.15, 0.2) is 54.1 Å². The number of benzene rings is 2. The highest BCUT2D eigenvalue weighted by molar-refractivity contribution is 6.31. The van der Waals surface area contributed by atoms with Crippen LogP contribution in [0.4, 0.5) is 0 Å². The molecule has 28 heavy (non-hydrogen) atoms. The Labute approximate surface area is 170 Å². The molecule has 5 heteroatoms. The number of carbonyl (C=O) groups excluding carboxylic acids is 1. The van der Waals surface area contributed by atoms with Gasteiger partial charge >= 0.3 is 0 Å². The maximum absolute atomic E-state index is 12.5. The Hall–Kier alpha value is -2.77. The summed E-state index contributed by atoms with van der Waals surface area (Å²) in [6.45, 7) is 0.306. The summed E-state index contributed by atoms with van der Waals surface area (Å²) >= 11 is 6.18. The van der Waals surface area contributed by atoms with Gasteiger partial charge in [-0.25, -0.2) is 0 Å². The van der Waals surface area contributed by atoms with Gasteiger partial charge in [0, 0.05) is 22.2 Å². The number of nitriles is 1. The van der Waals surface area contributed by atoms with Gasteiger partial charge in [0.15, 0.2) is 0 Å². The lowest BCUT2D eigenvalue weighted by molar-refractivity contribution is -0.117. The summed E-state index contributed by atoms with van der Waals surface area (Å²) in [5.41, 5.74) is 1.64. The van der Waals surface area contributed by atoms with Gasteiger partial charge < -0.3 is 10.1 Å². The molecule has 0 aromatic heterocycles. The van der Waals surface area contributed by atoms with Crippen LogP contribution in [0.2, 0.25) is 5.02 Å². The van der Waals surface area contributed by atoms with E-state index in [1.807, 2.05) is 54.6 Å². The van der Waals surface area contributed by atoms with Crippen molar-refractivity contribution < 1.29 is 9.53 Å². The van der Waals surface area contributed by atoms with Crippen molar-refractivity contribution in [3.8, 4) is 11.8 Å². The van der Waals surface area contributed by atoms with Crippen molar-refractivity contribution in [3.63, 3.8) is 0 Å². The van der Waals surface area contributed by atoms with Gasteiger partial charge in [-0.15, -0.1) is 0 Å². The molecule has 0 saturated heterocycles. The van der Waals surface area contributed by atoms with Gasteiger partial charge in [-0.2, -0.15) is 5.26 Å². The van der Waals surface area contributed by atoms with Crippen LogP contribution in [-0.2, 0) is 11.4 Å². The van der Waals surface area contributed by atoms with Crippen LogP contribution < -0.4 is 10.1 Å². The first-order chi connectivity index (χ1) is 13.7. The predicted molar refractivity (Wildman–Crippen MR) is 111 cm³/mol. The van der Waals surface area contributed by atoms with Gasteiger partial charge in [0.25, 0.3) is 5.91 Å². The number of nitrogens with zero attached hydrogens (tertiary/aromatic N) is 1. The molecule has 0 unspecified atom stereocenters. The summed E-state index contributed by atoms with van der Waals surface area (Å²) in [6.07, 6.45) is 6.98. The van der Waals surface area contributed by atoms with E-state index < -0.39 is 0 Å². The third kappa shape index (κ3) is 5.37. The fraction of sp³-hybridized carbons (Fsp3) is 0.304. The zero-order valence-corrected chi connectivity index (χ0v) is 16.4. The van der Waals surface area contributed by atoms with Gasteiger partial charge in [-0.1, -0.05) is 67.3 Å². The summed E-state index contributed by atoms with van der Waals surface area (Å²) < 4.78 is 5.91. The Morgan fingerprint density at radius 1 is 1.14 bits per heavy atom. The summed E-state index contributed by atoms with van der Waals surface area (Å²) in [6, 6.07) is 17.0. The molecule has 1 saturated carbocycles. The summed E-state index contributed by atoms with van der Waals surface area (Å²) in [4.78, 5) is 12.5. The van der Waals surface area contributed by atoms with Crippen molar-refractivity contribution in [2.24, 2.45) is 0 Å². The van der Waals surface area contributed by atoms with Crippen molar-refractivity contribution in [3.05, 3.63) is 70.3 Å². The minimum atomic E-state index is -0.324. The van der Waals surface area contributed by atoms with E-state index >= 15 is 0 Å². The van der Waals surface area contributed by atoms with E-state index in [2.05, 4.69) is 5.32 Å². The zero-order valence-electron chi connectivity index (χ0n) is 15.7. The lowest BCUT2D eigenvalue weighted by Gasteiger charge is -2.22. The number of rotatable bonds is 6. The molecule has 4 nitrogen and oxygen atoms in total. The standard InChI is InChI=1S/C23H23ClN2O2/c24-21-12-6-4-9-18(21)16-28-22-13-7-5-8-17(22)14-19(15-25)23(27)26-20-10-2-1-3-11-20/h4-9,12-14,20H,1-3,10-11,16H2,(H,26,27)/b19-14+. The summed E-state index contributed by atoms with van der Waals surface area (Å²) in [7, 11) is 0. The minimum Gasteiger partial charge on any atom is -0.488 e. The van der Waals surface area contributed by atoms with Gasteiger partial charge in [-0.3, -0.25) is 4.79 Å². The van der Waals surface area contributed by atoms with E-state index in [1.165, 1.54) is 6.42 Å². The van der Waals surface area contributed by atoms with Crippen LogP contribution >= 0.6 is 11.6 Å². The number of halogens is 1. The summed E-state index contributed by atoms with van der Waals surface area (Å²) in [5.74, 6) is 0.274. The monoisotopic (exact) mass is 394 g/mol. The smallest absolute Gasteiger partial charge is 0.262 e. The van der Waals surface area contributed by atoms with Crippen LogP contribution in [0, 0.1) is 11.3 Å². The number of hydrogen-bond acceptors (Lipinski definition) is 3. The Morgan fingerprint density at radius 2 is 1.86 bits per heavy atom. The topological polar surface area (TPSA) is 62.1 Å². The Morgan fingerprint density at radius 3 is 2.61 bits per heavy atom. The number of nitrogens with one attached hydrogen (secondary N) is 1. The van der Waals surface area contributed by atoms with E-state index in [1.54, 1.807) is 6.08 Å². The minimum absolute atomic E-state index is 0.0827. The molecule has 1 aliphatic rings. The second-order valence-corrected chi connectivity index (χ2v) is 7.30. The van der Waals surface area contributed by atoms with Crippen molar-refractivity contribution in [1.29, 1.82) is 5.26 Å². The Kier molecular flexibility index (Phi) is 7.11. The number of hydrogen-bond donors (Lipinski definition) is 1. The van der Waals surface area contributed by atoms with Crippen molar-refractivity contribution in [2.75, 3.05) is 0 Å². The van der Waals surface area contributed by atoms with Gasteiger partial charge in [0.1, 0.15) is 24.0 Å². The molecule has 3 rings (SSSR count). The Bertz CT molecular complexity index is 895.